The van der Waals surface area contributed by atoms with Crippen LogP contribution in [0.5, 0.6) is 17.2 Å². The molecule has 0 N–H and O–H groups in total. The van der Waals surface area contributed by atoms with Gasteiger partial charge in [-0.05, 0) is 24.9 Å². The fraction of sp³-hybridized carbons (Fsp3) is 0.500. The first-order valence-electron chi connectivity index (χ1n) is 5.74. The van der Waals surface area contributed by atoms with Gasteiger partial charge in [-0.1, -0.05) is 12.0 Å². The monoisotopic (exact) mass is 249 g/mol. The predicted molar refractivity (Wildman–Crippen MR) is 66.0 cm³/mol. The van der Waals surface area contributed by atoms with Crippen LogP contribution in [0, 0.1) is 6.92 Å². The van der Waals surface area contributed by atoms with Crippen molar-refractivity contribution in [2.45, 2.75) is 26.3 Å². The molecule has 1 aromatic rings. The number of hydrogen-bond donors (Lipinski definition) is 0. The van der Waals surface area contributed by atoms with Crippen LogP contribution in [0.3, 0.4) is 0 Å². The van der Waals surface area contributed by atoms with Crippen LogP contribution in [-0.4, -0.2) is 13.9 Å². The highest BCUT2D eigenvalue weighted by Gasteiger charge is 2.26. The molecule has 0 fully saturated rings. The fourth-order valence-electron chi connectivity index (χ4n) is 2.08. The fourth-order valence-corrected chi connectivity index (χ4v) is 2.08. The van der Waals surface area contributed by atoms with Gasteiger partial charge in [0, 0.05) is 16.0 Å². The van der Waals surface area contributed by atoms with Crippen molar-refractivity contribution in [3.63, 3.8) is 0 Å². The van der Waals surface area contributed by atoms with E-state index < -0.39 is 0 Å². The van der Waals surface area contributed by atoms with Gasteiger partial charge in [-0.15, -0.1) is 0 Å². The third-order valence-electron chi connectivity index (χ3n) is 3.03. The Bertz CT molecular complexity index is 510. The molecule has 18 heavy (non-hydrogen) atoms. The summed E-state index contributed by atoms with van der Waals surface area (Å²) >= 11 is 0. The van der Waals surface area contributed by atoms with Crippen molar-refractivity contribution in [1.29, 1.82) is 0 Å². The summed E-state index contributed by atoms with van der Waals surface area (Å²) < 4.78 is 16.2. The van der Waals surface area contributed by atoms with Gasteiger partial charge in [0.25, 0.3) is 0 Å². The van der Waals surface area contributed by atoms with Gasteiger partial charge in [0.1, 0.15) is 5.75 Å². The van der Waals surface area contributed by atoms with E-state index in [1.54, 1.807) is 7.11 Å². The molecular formula is C12H15N3O3. The molecule has 0 spiro atoms. The summed E-state index contributed by atoms with van der Waals surface area (Å²) in [6.45, 7) is 4.04. The summed E-state index contributed by atoms with van der Waals surface area (Å²) in [7, 11) is 1.60. The molecule has 6 heteroatoms. The zero-order valence-electron chi connectivity index (χ0n) is 10.6. The molecule has 0 saturated heterocycles. The van der Waals surface area contributed by atoms with Crippen molar-refractivity contribution >= 4 is 0 Å². The molecule has 0 radical (unpaired) electrons. The number of rotatable bonds is 4. The van der Waals surface area contributed by atoms with Crippen LogP contribution in [0.25, 0.3) is 10.4 Å². The van der Waals surface area contributed by atoms with Crippen molar-refractivity contribution in [1.82, 2.24) is 0 Å². The molecule has 1 aromatic carbocycles. The summed E-state index contributed by atoms with van der Waals surface area (Å²) in [5, 5.41) is 3.78. The minimum absolute atomic E-state index is 0.184. The Kier molecular flexibility index (Phi) is 3.48. The number of fused-ring (bicyclic) bond motifs is 1. The van der Waals surface area contributed by atoms with Crippen LogP contribution in [0.4, 0.5) is 0 Å². The Hall–Kier alpha value is -2.07. The van der Waals surface area contributed by atoms with Gasteiger partial charge >= 0.3 is 0 Å². The maximum absolute atomic E-state index is 8.61. The standard InChI is InChI=1S/C12H15N3O3/c1-4-9(14-15-13)8-5-10(16-3)7(2)11-12(8)18-6-17-11/h5,9H,4,6H2,1-3H3. The number of nitrogens with zero attached hydrogens (tertiary/aromatic N) is 3. The highest BCUT2D eigenvalue weighted by molar-refractivity contribution is 5.59. The lowest BCUT2D eigenvalue weighted by molar-refractivity contribution is 0.172. The van der Waals surface area contributed by atoms with Gasteiger partial charge in [0.2, 0.25) is 6.79 Å². The average Bonchev–Trinajstić information content (AvgIpc) is 2.87. The topological polar surface area (TPSA) is 76.5 Å². The molecule has 0 bridgehead atoms. The minimum atomic E-state index is -0.278. The molecule has 0 aliphatic carbocycles. The maximum Gasteiger partial charge on any atom is 0.231 e. The Balaban J connectivity index is 2.60. The summed E-state index contributed by atoms with van der Waals surface area (Å²) in [5.74, 6) is 2.05. The Morgan fingerprint density at radius 3 is 2.83 bits per heavy atom. The normalized spacial score (nSPS) is 13.9. The lowest BCUT2D eigenvalue weighted by Crippen LogP contribution is -1.98. The second-order valence-corrected chi connectivity index (χ2v) is 3.99. The number of azide groups is 1. The van der Waals surface area contributed by atoms with Crippen molar-refractivity contribution in [2.24, 2.45) is 5.11 Å². The first-order chi connectivity index (χ1) is 8.72. The molecule has 1 unspecified atom stereocenters. The third-order valence-corrected chi connectivity index (χ3v) is 3.03. The number of benzene rings is 1. The Labute approximate surface area is 105 Å². The second-order valence-electron chi connectivity index (χ2n) is 3.99. The molecule has 6 nitrogen and oxygen atoms in total. The molecule has 0 amide bonds. The second kappa shape index (κ2) is 5.06. The average molecular weight is 249 g/mol. The molecule has 0 saturated carbocycles. The summed E-state index contributed by atoms with van der Waals surface area (Å²) in [4.78, 5) is 2.87. The van der Waals surface area contributed by atoms with Gasteiger partial charge in [0.15, 0.2) is 11.5 Å². The van der Waals surface area contributed by atoms with Crippen LogP contribution in [-0.2, 0) is 0 Å². The smallest absolute Gasteiger partial charge is 0.231 e. The zero-order chi connectivity index (χ0) is 13.1. The molecule has 1 atom stereocenters. The number of ether oxygens (including phenoxy) is 3. The van der Waals surface area contributed by atoms with Crippen LogP contribution in [0.1, 0.15) is 30.5 Å². The molecule has 1 aliphatic heterocycles. The summed E-state index contributed by atoms with van der Waals surface area (Å²) in [6, 6.07) is 1.58. The zero-order valence-corrected chi connectivity index (χ0v) is 10.6. The van der Waals surface area contributed by atoms with Crippen LogP contribution in [0.15, 0.2) is 11.2 Å². The molecule has 1 aliphatic rings. The SMILES string of the molecule is CCC(N=[N+]=[N-])c1cc(OC)c(C)c2c1OCO2. The Morgan fingerprint density at radius 1 is 1.50 bits per heavy atom. The van der Waals surface area contributed by atoms with E-state index >= 15 is 0 Å². The van der Waals surface area contributed by atoms with Gasteiger partial charge < -0.3 is 14.2 Å². The largest absolute Gasteiger partial charge is 0.496 e. The van der Waals surface area contributed by atoms with Gasteiger partial charge in [0.05, 0.1) is 13.2 Å². The van der Waals surface area contributed by atoms with E-state index in [0.29, 0.717) is 23.7 Å². The molecule has 0 aromatic heterocycles. The van der Waals surface area contributed by atoms with Crippen molar-refractivity contribution in [3.05, 3.63) is 27.6 Å². The van der Waals surface area contributed by atoms with E-state index in [2.05, 4.69) is 10.0 Å². The van der Waals surface area contributed by atoms with Crippen molar-refractivity contribution < 1.29 is 14.2 Å². The Morgan fingerprint density at radius 2 is 2.22 bits per heavy atom. The number of hydrogen-bond acceptors (Lipinski definition) is 4. The van der Waals surface area contributed by atoms with Crippen LogP contribution >= 0.6 is 0 Å². The first kappa shape index (κ1) is 12.4. The van der Waals surface area contributed by atoms with Crippen molar-refractivity contribution in [2.75, 3.05) is 13.9 Å². The quantitative estimate of drug-likeness (QED) is 0.465. The van der Waals surface area contributed by atoms with Gasteiger partial charge in [-0.25, -0.2) is 0 Å². The maximum atomic E-state index is 8.61. The first-order valence-corrected chi connectivity index (χ1v) is 5.74. The van der Waals surface area contributed by atoms with Crippen LogP contribution < -0.4 is 14.2 Å². The number of methoxy groups -OCH3 is 1. The molecule has 96 valence electrons. The third kappa shape index (κ3) is 1.91. The van der Waals surface area contributed by atoms with E-state index in [4.69, 9.17) is 19.7 Å². The lowest BCUT2D eigenvalue weighted by atomic mass is 10.0. The van der Waals surface area contributed by atoms with Crippen molar-refractivity contribution in [3.8, 4) is 17.2 Å². The lowest BCUT2D eigenvalue weighted by Gasteiger charge is -2.15. The predicted octanol–water partition coefficient (Wildman–Crippen LogP) is 3.49. The minimum Gasteiger partial charge on any atom is -0.496 e. The van der Waals surface area contributed by atoms with E-state index in [-0.39, 0.29) is 12.8 Å². The molecular weight excluding hydrogens is 234 g/mol. The van der Waals surface area contributed by atoms with Crippen LogP contribution in [0.2, 0.25) is 0 Å². The highest BCUT2D eigenvalue weighted by atomic mass is 16.7. The van der Waals surface area contributed by atoms with Gasteiger partial charge in [-0.2, -0.15) is 0 Å². The van der Waals surface area contributed by atoms with E-state index in [9.17, 15) is 0 Å². The van der Waals surface area contributed by atoms with Gasteiger partial charge in [-0.3, -0.25) is 0 Å². The summed E-state index contributed by atoms with van der Waals surface area (Å²) in [6.07, 6.45) is 0.687. The van der Waals surface area contributed by atoms with E-state index in [1.807, 2.05) is 19.9 Å². The molecule has 1 heterocycles. The van der Waals surface area contributed by atoms with E-state index in [0.717, 1.165) is 11.1 Å². The summed E-state index contributed by atoms with van der Waals surface area (Å²) in [5.41, 5.74) is 10.3. The van der Waals surface area contributed by atoms with E-state index in [1.165, 1.54) is 0 Å². The highest BCUT2D eigenvalue weighted by Crippen LogP contribution is 2.46. The molecule has 2 rings (SSSR count).